The van der Waals surface area contributed by atoms with E-state index in [1.165, 1.54) is 7.11 Å². The van der Waals surface area contributed by atoms with Gasteiger partial charge in [0, 0.05) is 12.2 Å². The van der Waals surface area contributed by atoms with Crippen LogP contribution in [0.3, 0.4) is 0 Å². The molecule has 0 aliphatic carbocycles. The van der Waals surface area contributed by atoms with Crippen molar-refractivity contribution in [1.29, 1.82) is 0 Å². The van der Waals surface area contributed by atoms with Gasteiger partial charge in [-0.05, 0) is 37.1 Å². The van der Waals surface area contributed by atoms with Crippen molar-refractivity contribution in [2.45, 2.75) is 19.9 Å². The molecule has 0 saturated carbocycles. The van der Waals surface area contributed by atoms with Gasteiger partial charge in [0.05, 0.1) is 13.7 Å². The van der Waals surface area contributed by atoms with Gasteiger partial charge < -0.3 is 15.0 Å². The summed E-state index contributed by atoms with van der Waals surface area (Å²) >= 11 is 0. The van der Waals surface area contributed by atoms with E-state index < -0.39 is 12.0 Å². The van der Waals surface area contributed by atoms with Crippen LogP contribution in [0.4, 0.5) is 5.69 Å². The molecule has 5 nitrogen and oxygen atoms in total. The highest BCUT2D eigenvalue weighted by molar-refractivity contribution is 5.89. The number of carbonyl (C=O) groups is 2. The minimum atomic E-state index is -0.605. The lowest BCUT2D eigenvalue weighted by Crippen LogP contribution is -2.57. The highest BCUT2D eigenvalue weighted by atomic mass is 16.5. The van der Waals surface area contributed by atoms with E-state index in [9.17, 15) is 9.59 Å². The number of anilines is 1. The van der Waals surface area contributed by atoms with Crippen LogP contribution in [0.15, 0.2) is 18.2 Å². The second-order valence-electron chi connectivity index (χ2n) is 4.87. The number of methoxy groups -OCH3 is 1. The van der Waals surface area contributed by atoms with Gasteiger partial charge in [-0.3, -0.25) is 4.79 Å². The van der Waals surface area contributed by atoms with Gasteiger partial charge in [0.25, 0.3) is 0 Å². The molecule has 0 aromatic heterocycles. The zero-order chi connectivity index (χ0) is 14.0. The van der Waals surface area contributed by atoms with Gasteiger partial charge in [0.15, 0.2) is 0 Å². The van der Waals surface area contributed by atoms with Crippen molar-refractivity contribution >= 4 is 17.6 Å². The Morgan fingerprint density at radius 3 is 2.53 bits per heavy atom. The molecule has 5 heteroatoms. The number of nitrogens with zero attached hydrogens (tertiary/aromatic N) is 1. The number of aryl methyl sites for hydroxylation is 2. The normalized spacial score (nSPS) is 19.0. The van der Waals surface area contributed by atoms with Crippen LogP contribution in [-0.2, 0) is 14.3 Å². The number of hydrogen-bond acceptors (Lipinski definition) is 4. The number of esters is 1. The third kappa shape index (κ3) is 3.05. The predicted molar refractivity (Wildman–Crippen MR) is 72.1 cm³/mol. The van der Waals surface area contributed by atoms with E-state index in [0.717, 1.165) is 16.8 Å². The average molecular weight is 262 g/mol. The number of piperazine rings is 1. The molecule has 102 valence electrons. The molecule has 1 aromatic carbocycles. The molecular weight excluding hydrogens is 244 g/mol. The highest BCUT2D eigenvalue weighted by Crippen LogP contribution is 2.20. The van der Waals surface area contributed by atoms with Gasteiger partial charge in [0.2, 0.25) is 5.91 Å². The Bertz CT molecular complexity index is 493. The Morgan fingerprint density at radius 1 is 1.32 bits per heavy atom. The lowest BCUT2D eigenvalue weighted by molar-refractivity contribution is -0.145. The van der Waals surface area contributed by atoms with Crippen LogP contribution >= 0.6 is 0 Å². The van der Waals surface area contributed by atoms with Crippen molar-refractivity contribution in [1.82, 2.24) is 5.32 Å². The Balaban J connectivity index is 2.23. The molecule has 1 unspecified atom stereocenters. The molecular formula is C14H18N2O3. The quantitative estimate of drug-likeness (QED) is 0.800. The number of nitrogens with one attached hydrogen (secondary N) is 1. The fourth-order valence-corrected chi connectivity index (χ4v) is 2.35. The largest absolute Gasteiger partial charge is 0.467 e. The van der Waals surface area contributed by atoms with Crippen LogP contribution in [0.2, 0.25) is 0 Å². The summed E-state index contributed by atoms with van der Waals surface area (Å²) in [6, 6.07) is 5.50. The summed E-state index contributed by atoms with van der Waals surface area (Å²) in [6.45, 7) is 4.72. The standard InChI is InChI=1S/C14H18N2O3/c1-9-4-10(2)6-11(5-9)16-7-12(14(18)19-3)15-13(17)8-16/h4-6,12H,7-8H2,1-3H3,(H,15,17). The molecule has 0 bridgehead atoms. The van der Waals surface area contributed by atoms with Crippen molar-refractivity contribution in [2.75, 3.05) is 25.1 Å². The van der Waals surface area contributed by atoms with E-state index >= 15 is 0 Å². The van der Waals surface area contributed by atoms with E-state index in [1.54, 1.807) is 0 Å². The van der Waals surface area contributed by atoms with Crippen molar-refractivity contribution in [3.8, 4) is 0 Å². The third-order valence-corrected chi connectivity index (χ3v) is 3.13. The first-order valence-corrected chi connectivity index (χ1v) is 6.20. The van der Waals surface area contributed by atoms with Gasteiger partial charge in [-0.2, -0.15) is 0 Å². The van der Waals surface area contributed by atoms with Crippen molar-refractivity contribution < 1.29 is 14.3 Å². The maximum atomic E-state index is 11.7. The summed E-state index contributed by atoms with van der Waals surface area (Å²) in [7, 11) is 1.32. The second kappa shape index (κ2) is 5.30. The van der Waals surface area contributed by atoms with Gasteiger partial charge in [-0.1, -0.05) is 6.07 Å². The number of benzene rings is 1. The van der Waals surface area contributed by atoms with Gasteiger partial charge in [-0.25, -0.2) is 4.79 Å². The first kappa shape index (κ1) is 13.4. The number of carbonyl (C=O) groups excluding carboxylic acids is 2. The van der Waals surface area contributed by atoms with E-state index in [2.05, 4.69) is 16.1 Å². The van der Waals surface area contributed by atoms with E-state index in [-0.39, 0.29) is 12.5 Å². The summed E-state index contributed by atoms with van der Waals surface area (Å²) in [5.74, 6) is -0.580. The molecule has 1 saturated heterocycles. The van der Waals surface area contributed by atoms with Crippen LogP contribution < -0.4 is 10.2 Å². The number of hydrogen-bond donors (Lipinski definition) is 1. The lowest BCUT2D eigenvalue weighted by Gasteiger charge is -2.33. The zero-order valence-electron chi connectivity index (χ0n) is 11.4. The number of rotatable bonds is 2. The molecule has 0 radical (unpaired) electrons. The highest BCUT2D eigenvalue weighted by Gasteiger charge is 2.30. The topological polar surface area (TPSA) is 58.6 Å². The summed E-state index contributed by atoms with van der Waals surface area (Å²) < 4.78 is 4.69. The average Bonchev–Trinajstić information content (AvgIpc) is 2.36. The van der Waals surface area contributed by atoms with E-state index in [0.29, 0.717) is 6.54 Å². The van der Waals surface area contributed by atoms with Crippen molar-refractivity contribution in [3.05, 3.63) is 29.3 Å². The van der Waals surface area contributed by atoms with Gasteiger partial charge >= 0.3 is 5.97 Å². The molecule has 1 N–H and O–H groups in total. The number of ether oxygens (including phenoxy) is 1. The van der Waals surface area contributed by atoms with Crippen LogP contribution in [0.1, 0.15) is 11.1 Å². The van der Waals surface area contributed by atoms with Gasteiger partial charge in [-0.15, -0.1) is 0 Å². The van der Waals surface area contributed by atoms with Gasteiger partial charge in [0.1, 0.15) is 6.04 Å². The third-order valence-electron chi connectivity index (χ3n) is 3.13. The molecule has 2 rings (SSSR count). The van der Waals surface area contributed by atoms with Crippen LogP contribution in [-0.4, -0.2) is 38.1 Å². The monoisotopic (exact) mass is 262 g/mol. The molecule has 1 amide bonds. The molecule has 1 aliphatic rings. The molecule has 1 aromatic rings. The maximum Gasteiger partial charge on any atom is 0.330 e. The Kier molecular flexibility index (Phi) is 3.74. The molecule has 0 spiro atoms. The first-order chi connectivity index (χ1) is 8.99. The minimum absolute atomic E-state index is 0.166. The first-order valence-electron chi connectivity index (χ1n) is 6.20. The van der Waals surface area contributed by atoms with E-state index in [4.69, 9.17) is 0 Å². The Morgan fingerprint density at radius 2 is 1.95 bits per heavy atom. The summed E-state index contributed by atoms with van der Waals surface area (Å²) in [5, 5.41) is 2.64. The zero-order valence-corrected chi connectivity index (χ0v) is 11.4. The van der Waals surface area contributed by atoms with Crippen LogP contribution in [0.25, 0.3) is 0 Å². The maximum absolute atomic E-state index is 11.7. The number of amides is 1. The Hall–Kier alpha value is -2.04. The molecule has 1 atom stereocenters. The summed E-state index contributed by atoms with van der Waals surface area (Å²) in [5.41, 5.74) is 3.23. The minimum Gasteiger partial charge on any atom is -0.467 e. The Labute approximate surface area is 112 Å². The lowest BCUT2D eigenvalue weighted by atomic mass is 10.1. The smallest absolute Gasteiger partial charge is 0.330 e. The predicted octanol–water partition coefficient (Wildman–Crippen LogP) is 0.781. The van der Waals surface area contributed by atoms with Crippen molar-refractivity contribution in [3.63, 3.8) is 0 Å². The molecule has 1 heterocycles. The second-order valence-corrected chi connectivity index (χ2v) is 4.87. The molecule has 1 aliphatic heterocycles. The van der Waals surface area contributed by atoms with Crippen LogP contribution in [0, 0.1) is 13.8 Å². The molecule has 1 fully saturated rings. The SMILES string of the molecule is COC(=O)C1CN(c2cc(C)cc(C)c2)CC(=O)N1. The van der Waals surface area contributed by atoms with E-state index in [1.807, 2.05) is 30.9 Å². The molecule has 19 heavy (non-hydrogen) atoms. The fourth-order valence-electron chi connectivity index (χ4n) is 2.35. The fraction of sp³-hybridized carbons (Fsp3) is 0.429. The summed E-state index contributed by atoms with van der Waals surface area (Å²) in [6.07, 6.45) is 0. The summed E-state index contributed by atoms with van der Waals surface area (Å²) in [4.78, 5) is 25.1. The van der Waals surface area contributed by atoms with Crippen molar-refractivity contribution in [2.24, 2.45) is 0 Å². The van der Waals surface area contributed by atoms with Crippen LogP contribution in [0.5, 0.6) is 0 Å².